The third kappa shape index (κ3) is 5.38. The molecule has 0 unspecified atom stereocenters. The minimum absolute atomic E-state index is 0.594. The summed E-state index contributed by atoms with van der Waals surface area (Å²) < 4.78 is 5.74. The van der Waals surface area contributed by atoms with Crippen LogP contribution in [0.4, 0.5) is 0 Å². The van der Waals surface area contributed by atoms with E-state index < -0.39 is 0 Å². The maximum Gasteiger partial charge on any atom is 0.137 e. The second-order valence-corrected chi connectivity index (χ2v) is 5.24. The molecule has 0 amide bonds. The lowest BCUT2D eigenvalue weighted by Gasteiger charge is -2.22. The van der Waals surface area contributed by atoms with Crippen LogP contribution in [-0.2, 0) is 6.54 Å². The second-order valence-electron chi connectivity index (χ2n) is 4.83. The highest BCUT2D eigenvalue weighted by Gasteiger charge is 2.06. The van der Waals surface area contributed by atoms with Crippen molar-refractivity contribution in [3.05, 3.63) is 65.2 Å². The van der Waals surface area contributed by atoms with Crippen LogP contribution in [0.2, 0.25) is 5.02 Å². The Bertz CT molecular complexity index is 533. The number of hydrogen-bond acceptors (Lipinski definition) is 3. The van der Waals surface area contributed by atoms with Crippen molar-refractivity contribution in [3.63, 3.8) is 0 Å². The minimum Gasteiger partial charge on any atom is -0.491 e. The van der Waals surface area contributed by atoms with Crippen LogP contribution < -0.4 is 10.5 Å². The molecule has 4 heteroatoms. The first-order valence-electron chi connectivity index (χ1n) is 7.13. The molecule has 0 saturated carbocycles. The van der Waals surface area contributed by atoms with Gasteiger partial charge in [0.15, 0.2) is 0 Å². The van der Waals surface area contributed by atoms with E-state index in [0.29, 0.717) is 18.2 Å². The molecule has 0 aliphatic heterocycles. The van der Waals surface area contributed by atoms with Gasteiger partial charge in [-0.2, -0.15) is 0 Å². The van der Waals surface area contributed by atoms with Crippen LogP contribution in [0.25, 0.3) is 0 Å². The fraction of sp³-hybridized carbons (Fsp3) is 0.294. The lowest BCUT2D eigenvalue weighted by molar-refractivity contribution is 0.206. The average Bonchev–Trinajstić information content (AvgIpc) is 2.50. The normalized spacial score (nSPS) is 10.8. The van der Waals surface area contributed by atoms with Gasteiger partial charge in [0.1, 0.15) is 12.4 Å². The van der Waals surface area contributed by atoms with Gasteiger partial charge in [-0.15, -0.1) is 0 Å². The Balaban J connectivity index is 1.84. The highest BCUT2D eigenvalue weighted by molar-refractivity contribution is 6.32. The van der Waals surface area contributed by atoms with Crippen molar-refractivity contribution in [2.45, 2.75) is 6.54 Å². The molecular formula is C17H21ClN2O. The van der Waals surface area contributed by atoms with Gasteiger partial charge >= 0.3 is 0 Å². The van der Waals surface area contributed by atoms with Crippen LogP contribution in [0.1, 0.15) is 5.56 Å². The van der Waals surface area contributed by atoms with Gasteiger partial charge in [-0.1, -0.05) is 54.1 Å². The molecule has 2 aromatic rings. The fourth-order valence-electron chi connectivity index (χ4n) is 2.14. The topological polar surface area (TPSA) is 38.5 Å². The number of nitrogens with two attached hydrogens (primary N) is 1. The number of rotatable bonds is 8. The summed E-state index contributed by atoms with van der Waals surface area (Å²) in [6.45, 7) is 3.78. The minimum atomic E-state index is 0.594. The Labute approximate surface area is 131 Å². The molecule has 2 rings (SSSR count). The Morgan fingerprint density at radius 2 is 1.67 bits per heavy atom. The fourth-order valence-corrected chi connectivity index (χ4v) is 2.33. The summed E-state index contributed by atoms with van der Waals surface area (Å²) in [5, 5.41) is 0.644. The summed E-state index contributed by atoms with van der Waals surface area (Å²) in [5.41, 5.74) is 6.97. The lowest BCUT2D eigenvalue weighted by atomic mass is 10.2. The molecule has 112 valence electrons. The van der Waals surface area contributed by atoms with E-state index in [1.165, 1.54) is 5.56 Å². The Morgan fingerprint density at radius 1 is 0.952 bits per heavy atom. The van der Waals surface area contributed by atoms with E-state index in [0.717, 1.165) is 25.4 Å². The van der Waals surface area contributed by atoms with Crippen LogP contribution in [-0.4, -0.2) is 31.1 Å². The maximum atomic E-state index is 6.07. The first kappa shape index (κ1) is 15.8. The van der Waals surface area contributed by atoms with Crippen LogP contribution in [0.5, 0.6) is 5.75 Å². The van der Waals surface area contributed by atoms with Gasteiger partial charge in [-0.3, -0.25) is 4.90 Å². The first-order chi connectivity index (χ1) is 10.3. The predicted octanol–water partition coefficient (Wildman–Crippen LogP) is 3.18. The summed E-state index contributed by atoms with van der Waals surface area (Å²) >= 11 is 6.07. The molecule has 0 saturated heterocycles. The zero-order chi connectivity index (χ0) is 14.9. The smallest absolute Gasteiger partial charge is 0.137 e. The molecule has 21 heavy (non-hydrogen) atoms. The standard InChI is InChI=1S/C17H21ClN2O/c18-16-8-4-5-9-17(16)21-13-12-20(11-10-19)14-15-6-2-1-3-7-15/h1-9H,10-14,19H2. The first-order valence-corrected chi connectivity index (χ1v) is 7.51. The molecule has 0 bridgehead atoms. The van der Waals surface area contributed by atoms with E-state index in [4.69, 9.17) is 22.1 Å². The van der Waals surface area contributed by atoms with E-state index >= 15 is 0 Å². The van der Waals surface area contributed by atoms with E-state index in [1.807, 2.05) is 30.3 Å². The highest BCUT2D eigenvalue weighted by Crippen LogP contribution is 2.22. The van der Waals surface area contributed by atoms with Crippen molar-refractivity contribution < 1.29 is 4.74 Å². The zero-order valence-electron chi connectivity index (χ0n) is 12.0. The average molecular weight is 305 g/mol. The van der Waals surface area contributed by atoms with Gasteiger partial charge < -0.3 is 10.5 Å². The van der Waals surface area contributed by atoms with Crippen molar-refractivity contribution in [1.82, 2.24) is 4.90 Å². The number of benzene rings is 2. The van der Waals surface area contributed by atoms with Gasteiger partial charge in [0, 0.05) is 26.2 Å². The van der Waals surface area contributed by atoms with Crippen LogP contribution in [0, 0.1) is 0 Å². The monoisotopic (exact) mass is 304 g/mol. The van der Waals surface area contributed by atoms with Crippen molar-refractivity contribution >= 4 is 11.6 Å². The number of halogens is 1. The van der Waals surface area contributed by atoms with E-state index in [-0.39, 0.29) is 0 Å². The summed E-state index contributed by atoms with van der Waals surface area (Å²) in [6, 6.07) is 17.9. The van der Waals surface area contributed by atoms with Gasteiger partial charge in [-0.05, 0) is 17.7 Å². The van der Waals surface area contributed by atoms with Crippen molar-refractivity contribution in [1.29, 1.82) is 0 Å². The molecule has 0 aliphatic carbocycles. The number of ether oxygens (including phenoxy) is 1. The molecule has 2 aromatic carbocycles. The third-order valence-electron chi connectivity index (χ3n) is 3.20. The van der Waals surface area contributed by atoms with Crippen LogP contribution in [0.3, 0.4) is 0 Å². The Morgan fingerprint density at radius 3 is 2.38 bits per heavy atom. The van der Waals surface area contributed by atoms with Crippen molar-refractivity contribution in [2.75, 3.05) is 26.2 Å². The molecular weight excluding hydrogens is 284 g/mol. The van der Waals surface area contributed by atoms with Crippen LogP contribution in [0.15, 0.2) is 54.6 Å². The summed E-state index contributed by atoms with van der Waals surface area (Å²) in [4.78, 5) is 2.28. The van der Waals surface area contributed by atoms with Crippen molar-refractivity contribution in [3.8, 4) is 5.75 Å². The van der Waals surface area contributed by atoms with E-state index in [9.17, 15) is 0 Å². The quantitative estimate of drug-likeness (QED) is 0.814. The summed E-state index contributed by atoms with van der Waals surface area (Å²) in [6.07, 6.45) is 0. The van der Waals surface area contributed by atoms with Crippen LogP contribution >= 0.6 is 11.6 Å². The predicted molar refractivity (Wildman–Crippen MR) is 87.7 cm³/mol. The lowest BCUT2D eigenvalue weighted by Crippen LogP contribution is -2.32. The van der Waals surface area contributed by atoms with Crippen molar-refractivity contribution in [2.24, 2.45) is 5.73 Å². The molecule has 0 radical (unpaired) electrons. The summed E-state index contributed by atoms with van der Waals surface area (Å²) in [7, 11) is 0. The number of nitrogens with zero attached hydrogens (tertiary/aromatic N) is 1. The number of para-hydroxylation sites is 1. The SMILES string of the molecule is NCCN(CCOc1ccccc1Cl)Cc1ccccc1. The molecule has 0 aliphatic rings. The van der Waals surface area contributed by atoms with Gasteiger partial charge in [0.2, 0.25) is 0 Å². The zero-order valence-corrected chi connectivity index (χ0v) is 12.8. The van der Waals surface area contributed by atoms with Gasteiger partial charge in [0.05, 0.1) is 5.02 Å². The molecule has 3 nitrogen and oxygen atoms in total. The summed E-state index contributed by atoms with van der Waals surface area (Å²) in [5.74, 6) is 0.728. The van der Waals surface area contributed by atoms with Gasteiger partial charge in [-0.25, -0.2) is 0 Å². The molecule has 0 fully saturated rings. The second kappa shape index (κ2) is 8.67. The largest absolute Gasteiger partial charge is 0.491 e. The molecule has 0 spiro atoms. The molecule has 0 atom stereocenters. The third-order valence-corrected chi connectivity index (χ3v) is 3.51. The Hall–Kier alpha value is -1.55. The van der Waals surface area contributed by atoms with E-state index in [2.05, 4.69) is 29.2 Å². The number of hydrogen-bond donors (Lipinski definition) is 1. The highest BCUT2D eigenvalue weighted by atomic mass is 35.5. The van der Waals surface area contributed by atoms with Gasteiger partial charge in [0.25, 0.3) is 0 Å². The molecule has 2 N–H and O–H groups in total. The molecule has 0 aromatic heterocycles. The molecule has 0 heterocycles. The Kier molecular flexibility index (Phi) is 6.54. The maximum absolute atomic E-state index is 6.07. The van der Waals surface area contributed by atoms with E-state index in [1.54, 1.807) is 0 Å².